The summed E-state index contributed by atoms with van der Waals surface area (Å²) in [6.07, 6.45) is 0.826. The first-order chi connectivity index (χ1) is 22.9. The highest BCUT2D eigenvalue weighted by molar-refractivity contribution is 6.15. The van der Waals surface area contributed by atoms with Gasteiger partial charge in [0.1, 0.15) is 0 Å². The number of aryl methyl sites for hydroxylation is 1. The van der Waals surface area contributed by atoms with Gasteiger partial charge in [-0.05, 0) is 36.6 Å². The van der Waals surface area contributed by atoms with Gasteiger partial charge >= 0.3 is 5.97 Å². The Labute approximate surface area is 277 Å². The number of hydrogen-bond acceptors (Lipinski definition) is 5. The average Bonchev–Trinajstić information content (AvgIpc) is 3.10. The van der Waals surface area contributed by atoms with Crippen molar-refractivity contribution in [2.45, 2.75) is 32.7 Å². The van der Waals surface area contributed by atoms with Gasteiger partial charge in [0.15, 0.2) is 0 Å². The van der Waals surface area contributed by atoms with Gasteiger partial charge in [-0.1, -0.05) is 104 Å². The summed E-state index contributed by atoms with van der Waals surface area (Å²) in [6.45, 7) is 8.78. The zero-order valence-corrected chi connectivity index (χ0v) is 27.2. The lowest BCUT2D eigenvalue weighted by Crippen LogP contribution is -2.48. The van der Waals surface area contributed by atoms with Crippen LogP contribution in [0.5, 0.6) is 0 Å². The van der Waals surface area contributed by atoms with Gasteiger partial charge in [0.05, 0.1) is 22.7 Å². The molecule has 1 N–H and O–H groups in total. The molecule has 6 rings (SSSR count). The Kier molecular flexibility index (Phi) is 10.0. The number of carboxylic acid groups (broad SMARTS) is 1. The van der Waals surface area contributed by atoms with Gasteiger partial charge in [0.25, 0.3) is 5.91 Å². The SMILES string of the molecule is CCCN(C(=O)c1c(CN2CCN(CC(C(=O)O)c3ccccc3)CC2)c(-c2ccccc2)nc2ccccc12)c1ccccc1C. The van der Waals surface area contributed by atoms with Crippen LogP contribution in [0.15, 0.2) is 109 Å². The molecule has 0 saturated carbocycles. The Balaban J connectivity index is 1.37. The smallest absolute Gasteiger partial charge is 0.312 e. The Morgan fingerprint density at radius 1 is 0.809 bits per heavy atom. The van der Waals surface area contributed by atoms with Gasteiger partial charge in [-0.15, -0.1) is 0 Å². The van der Waals surface area contributed by atoms with Gasteiger partial charge in [-0.2, -0.15) is 0 Å². The number of aliphatic carboxylic acids is 1. The van der Waals surface area contributed by atoms with E-state index in [2.05, 4.69) is 41.8 Å². The highest BCUT2D eigenvalue weighted by Crippen LogP contribution is 2.34. The highest BCUT2D eigenvalue weighted by atomic mass is 16.4. The number of piperazine rings is 1. The standard InChI is InChI=1S/C40H42N4O3/c1-3-22-44(36-21-13-10-14-29(36)2)39(45)37-32-19-11-12-20-35(32)41-38(31-17-8-5-9-18-31)34(37)28-43-25-23-42(24-26-43)27-33(40(46)47)30-15-6-4-7-16-30/h4-21,33H,3,22-28H2,1-2H3,(H,46,47). The van der Waals surface area contributed by atoms with Crippen molar-refractivity contribution in [1.29, 1.82) is 0 Å². The van der Waals surface area contributed by atoms with Crippen LogP contribution in [0.25, 0.3) is 22.2 Å². The van der Waals surface area contributed by atoms with E-state index in [0.717, 1.165) is 77.1 Å². The first kappa shape index (κ1) is 32.1. The van der Waals surface area contributed by atoms with Crippen LogP contribution < -0.4 is 4.90 Å². The van der Waals surface area contributed by atoms with Crippen LogP contribution in [0.4, 0.5) is 5.69 Å². The molecule has 1 unspecified atom stereocenters. The summed E-state index contributed by atoms with van der Waals surface area (Å²) < 4.78 is 0. The molecule has 2 heterocycles. The van der Waals surface area contributed by atoms with E-state index < -0.39 is 11.9 Å². The number of amides is 1. The maximum absolute atomic E-state index is 14.9. The van der Waals surface area contributed by atoms with Crippen LogP contribution in [0.2, 0.25) is 0 Å². The molecule has 5 aromatic rings. The summed E-state index contributed by atoms with van der Waals surface area (Å²) in [6, 6.07) is 35.7. The van der Waals surface area contributed by atoms with Gasteiger partial charge in [0.2, 0.25) is 0 Å². The first-order valence-corrected chi connectivity index (χ1v) is 16.5. The number of rotatable bonds is 11. The zero-order valence-electron chi connectivity index (χ0n) is 27.2. The van der Waals surface area contributed by atoms with E-state index >= 15 is 0 Å². The van der Waals surface area contributed by atoms with Gasteiger partial charge in [-0.25, -0.2) is 4.98 Å². The molecule has 1 aliphatic rings. The van der Waals surface area contributed by atoms with Gasteiger partial charge in [0, 0.05) is 68.0 Å². The number of carbonyl (C=O) groups excluding carboxylic acids is 1. The summed E-state index contributed by atoms with van der Waals surface area (Å²) in [5, 5.41) is 10.9. The number of para-hydroxylation sites is 2. The molecule has 1 saturated heterocycles. The van der Waals surface area contributed by atoms with Crippen LogP contribution in [0.3, 0.4) is 0 Å². The Morgan fingerprint density at radius 3 is 2.11 bits per heavy atom. The number of anilines is 1. The molecule has 1 atom stereocenters. The summed E-state index contributed by atoms with van der Waals surface area (Å²) >= 11 is 0. The molecule has 0 aliphatic carbocycles. The van der Waals surface area contributed by atoms with Crippen molar-refractivity contribution in [3.05, 3.63) is 131 Å². The lowest BCUT2D eigenvalue weighted by atomic mass is 9.94. The molecular formula is C40H42N4O3. The van der Waals surface area contributed by atoms with E-state index in [9.17, 15) is 14.7 Å². The van der Waals surface area contributed by atoms with Crippen LogP contribution in [0.1, 0.15) is 46.3 Å². The predicted octanol–water partition coefficient (Wildman–Crippen LogP) is 7.25. The van der Waals surface area contributed by atoms with Crippen LogP contribution in [0, 0.1) is 6.92 Å². The number of nitrogens with zero attached hydrogens (tertiary/aromatic N) is 4. The van der Waals surface area contributed by atoms with Crippen molar-refractivity contribution in [2.24, 2.45) is 0 Å². The maximum atomic E-state index is 14.9. The molecule has 0 spiro atoms. The molecule has 240 valence electrons. The maximum Gasteiger partial charge on any atom is 0.312 e. The fourth-order valence-electron chi connectivity index (χ4n) is 6.66. The quantitative estimate of drug-likeness (QED) is 0.166. The van der Waals surface area contributed by atoms with Crippen molar-refractivity contribution < 1.29 is 14.7 Å². The molecule has 1 amide bonds. The molecule has 7 heteroatoms. The first-order valence-electron chi connectivity index (χ1n) is 16.5. The predicted molar refractivity (Wildman–Crippen MR) is 189 cm³/mol. The number of pyridine rings is 1. The molecule has 7 nitrogen and oxygen atoms in total. The molecule has 0 bridgehead atoms. The third kappa shape index (κ3) is 7.12. The normalized spacial score (nSPS) is 14.6. The van der Waals surface area contributed by atoms with Crippen molar-refractivity contribution >= 4 is 28.5 Å². The van der Waals surface area contributed by atoms with E-state index in [1.54, 1.807) is 0 Å². The fraction of sp³-hybridized carbons (Fsp3) is 0.275. The molecule has 1 aromatic heterocycles. The third-order valence-corrected chi connectivity index (χ3v) is 9.14. The minimum Gasteiger partial charge on any atom is -0.481 e. The number of carbonyl (C=O) groups is 2. The van der Waals surface area contributed by atoms with Crippen molar-refractivity contribution in [2.75, 3.05) is 44.2 Å². The molecule has 1 fully saturated rings. The average molecular weight is 627 g/mol. The van der Waals surface area contributed by atoms with E-state index in [0.29, 0.717) is 25.2 Å². The van der Waals surface area contributed by atoms with Crippen molar-refractivity contribution in [3.63, 3.8) is 0 Å². The van der Waals surface area contributed by atoms with Gasteiger partial charge < -0.3 is 10.0 Å². The molecule has 1 aliphatic heterocycles. The third-order valence-electron chi connectivity index (χ3n) is 9.14. The number of benzene rings is 4. The number of carboxylic acids is 1. The summed E-state index contributed by atoms with van der Waals surface area (Å²) in [7, 11) is 0. The second-order valence-electron chi connectivity index (χ2n) is 12.3. The van der Waals surface area contributed by atoms with Crippen LogP contribution >= 0.6 is 0 Å². The van der Waals surface area contributed by atoms with Crippen molar-refractivity contribution in [1.82, 2.24) is 14.8 Å². The minimum atomic E-state index is -0.804. The second kappa shape index (κ2) is 14.7. The summed E-state index contributed by atoms with van der Waals surface area (Å²) in [4.78, 5) is 38.9. The Morgan fingerprint density at radius 2 is 1.43 bits per heavy atom. The number of fused-ring (bicyclic) bond motifs is 1. The van der Waals surface area contributed by atoms with Gasteiger partial charge in [-0.3, -0.25) is 19.4 Å². The molecule has 4 aromatic carbocycles. The zero-order chi connectivity index (χ0) is 32.8. The van der Waals surface area contributed by atoms with E-state index in [-0.39, 0.29) is 5.91 Å². The summed E-state index contributed by atoms with van der Waals surface area (Å²) in [5.74, 6) is -1.40. The highest BCUT2D eigenvalue weighted by Gasteiger charge is 2.30. The minimum absolute atomic E-state index is 0.0160. The Hall–Kier alpha value is -4.85. The molecular weight excluding hydrogens is 584 g/mol. The topological polar surface area (TPSA) is 77.0 Å². The fourth-order valence-corrected chi connectivity index (χ4v) is 6.66. The largest absolute Gasteiger partial charge is 0.481 e. The number of aromatic nitrogens is 1. The molecule has 47 heavy (non-hydrogen) atoms. The lowest BCUT2D eigenvalue weighted by Gasteiger charge is -2.36. The van der Waals surface area contributed by atoms with Crippen LogP contribution in [-0.2, 0) is 11.3 Å². The van der Waals surface area contributed by atoms with Crippen molar-refractivity contribution in [3.8, 4) is 11.3 Å². The van der Waals surface area contributed by atoms with E-state index in [1.165, 1.54) is 0 Å². The second-order valence-corrected chi connectivity index (χ2v) is 12.3. The molecule has 0 radical (unpaired) electrons. The summed E-state index contributed by atoms with van der Waals surface area (Å²) in [5.41, 5.74) is 7.03. The van der Waals surface area contributed by atoms with E-state index in [1.807, 2.05) is 95.9 Å². The number of hydrogen-bond donors (Lipinski definition) is 1. The monoisotopic (exact) mass is 626 g/mol. The van der Waals surface area contributed by atoms with E-state index in [4.69, 9.17) is 4.98 Å². The lowest BCUT2D eigenvalue weighted by molar-refractivity contribution is -0.139. The Bertz CT molecular complexity index is 1840. The van der Waals surface area contributed by atoms with Crippen LogP contribution in [-0.4, -0.2) is 71.0 Å².